The quantitative estimate of drug-likeness (QED) is 0.786. The number of benzene rings is 1. The van der Waals surface area contributed by atoms with E-state index in [0.717, 1.165) is 9.24 Å². The summed E-state index contributed by atoms with van der Waals surface area (Å²) in [4.78, 5) is 0. The van der Waals surface area contributed by atoms with Gasteiger partial charge in [0.1, 0.15) is 6.33 Å². The Balaban J connectivity index is 2.07. The minimum absolute atomic E-state index is 0.264. The average Bonchev–Trinajstić information content (AvgIpc) is 2.65. The van der Waals surface area contributed by atoms with Gasteiger partial charge in [-0.1, -0.05) is 34.5 Å². The van der Waals surface area contributed by atoms with Crippen LogP contribution in [0.5, 0.6) is 0 Å². The normalized spacial score (nSPS) is 17.2. The highest BCUT2D eigenvalue weighted by Gasteiger charge is 2.31. The molecule has 0 radical (unpaired) electrons. The first kappa shape index (κ1) is 13.1. The zero-order valence-electron chi connectivity index (χ0n) is 10.8. The largest absolute Gasteiger partial charge is 0.310 e. The molecule has 0 amide bonds. The molecule has 1 aromatic carbocycles. The van der Waals surface area contributed by atoms with Gasteiger partial charge < -0.3 is 4.57 Å². The summed E-state index contributed by atoms with van der Waals surface area (Å²) in [5, 5.41) is 4.48. The minimum Gasteiger partial charge on any atom is -0.310 e. The summed E-state index contributed by atoms with van der Waals surface area (Å²) in [6.07, 6.45) is 5.63. The van der Waals surface area contributed by atoms with E-state index in [1.54, 1.807) is 6.33 Å². The number of aromatic nitrogens is 3. The lowest BCUT2D eigenvalue weighted by Gasteiger charge is -2.34. The fourth-order valence-corrected chi connectivity index (χ4v) is 3.27. The minimum atomic E-state index is 0.264. The Kier molecular flexibility index (Phi) is 3.58. The van der Waals surface area contributed by atoms with Crippen molar-refractivity contribution >= 4 is 28.1 Å². The molecule has 0 spiro atoms. The molecule has 19 heavy (non-hydrogen) atoms. The number of hydrogen-bond acceptors (Lipinski definition) is 2. The van der Waals surface area contributed by atoms with E-state index in [0.29, 0.717) is 5.92 Å². The molecule has 1 aliphatic rings. The molecule has 1 fully saturated rings. The number of halogens is 1. The molecule has 100 valence electrons. The SMILES string of the molecule is Cn1cnn(C(c2cccc(Br)c2)C2CCC2)c1=S. The van der Waals surface area contributed by atoms with Gasteiger partial charge in [0.2, 0.25) is 0 Å². The molecule has 0 saturated heterocycles. The molecule has 1 heterocycles. The van der Waals surface area contributed by atoms with Gasteiger partial charge in [0.05, 0.1) is 6.04 Å². The zero-order chi connectivity index (χ0) is 13.4. The van der Waals surface area contributed by atoms with E-state index < -0.39 is 0 Å². The summed E-state index contributed by atoms with van der Waals surface area (Å²) in [5.74, 6) is 0.649. The summed E-state index contributed by atoms with van der Waals surface area (Å²) >= 11 is 9.03. The second-order valence-corrected chi connectivity index (χ2v) is 6.44. The topological polar surface area (TPSA) is 22.8 Å². The van der Waals surface area contributed by atoms with Gasteiger partial charge in [-0.25, -0.2) is 4.68 Å². The Morgan fingerprint density at radius 2 is 2.21 bits per heavy atom. The lowest BCUT2D eigenvalue weighted by molar-refractivity contribution is 0.223. The highest BCUT2D eigenvalue weighted by Crippen LogP contribution is 2.40. The first-order valence-corrected chi connectivity index (χ1v) is 7.72. The van der Waals surface area contributed by atoms with Gasteiger partial charge >= 0.3 is 0 Å². The molecule has 0 aliphatic heterocycles. The second kappa shape index (κ2) is 5.21. The van der Waals surface area contributed by atoms with Crippen LogP contribution in [0.4, 0.5) is 0 Å². The lowest BCUT2D eigenvalue weighted by Crippen LogP contribution is -2.27. The van der Waals surface area contributed by atoms with E-state index in [2.05, 4.69) is 45.3 Å². The van der Waals surface area contributed by atoms with E-state index in [1.807, 2.05) is 16.3 Å². The Morgan fingerprint density at radius 3 is 2.74 bits per heavy atom. The van der Waals surface area contributed by atoms with Crippen molar-refractivity contribution in [2.45, 2.75) is 25.3 Å². The molecule has 5 heteroatoms. The summed E-state index contributed by atoms with van der Waals surface area (Å²) in [6.45, 7) is 0. The molecule has 1 atom stereocenters. The van der Waals surface area contributed by atoms with Crippen LogP contribution in [0.15, 0.2) is 35.1 Å². The van der Waals surface area contributed by atoms with Crippen LogP contribution in [0.2, 0.25) is 0 Å². The van der Waals surface area contributed by atoms with E-state index in [-0.39, 0.29) is 6.04 Å². The van der Waals surface area contributed by atoms with Crippen molar-refractivity contribution in [2.24, 2.45) is 13.0 Å². The maximum absolute atomic E-state index is 5.48. The third-order valence-corrected chi connectivity index (χ3v) is 4.87. The smallest absolute Gasteiger partial charge is 0.197 e. The second-order valence-electron chi connectivity index (χ2n) is 5.16. The van der Waals surface area contributed by atoms with E-state index in [4.69, 9.17) is 12.2 Å². The summed E-state index contributed by atoms with van der Waals surface area (Å²) in [5.41, 5.74) is 1.29. The summed E-state index contributed by atoms with van der Waals surface area (Å²) in [7, 11) is 1.95. The summed E-state index contributed by atoms with van der Waals surface area (Å²) < 4.78 is 5.80. The van der Waals surface area contributed by atoms with Gasteiger partial charge in [0.15, 0.2) is 4.77 Å². The van der Waals surface area contributed by atoms with Crippen molar-refractivity contribution in [1.29, 1.82) is 0 Å². The maximum atomic E-state index is 5.48. The Labute approximate surface area is 126 Å². The van der Waals surface area contributed by atoms with Crippen LogP contribution in [0.25, 0.3) is 0 Å². The maximum Gasteiger partial charge on any atom is 0.197 e. The lowest BCUT2D eigenvalue weighted by atomic mass is 9.77. The van der Waals surface area contributed by atoms with Crippen LogP contribution in [0.3, 0.4) is 0 Å². The first-order chi connectivity index (χ1) is 9.16. The fraction of sp³-hybridized carbons (Fsp3) is 0.429. The average molecular weight is 338 g/mol. The standard InChI is InChI=1S/C14H16BrN3S/c1-17-9-16-18(14(17)19)13(10-4-2-5-10)11-6-3-7-12(15)8-11/h3,6-10,13H,2,4-5H2,1H3. The summed E-state index contributed by atoms with van der Waals surface area (Å²) in [6, 6.07) is 8.75. The van der Waals surface area contributed by atoms with Crippen LogP contribution in [0, 0.1) is 10.7 Å². The van der Waals surface area contributed by atoms with Gasteiger partial charge in [0.25, 0.3) is 0 Å². The van der Waals surface area contributed by atoms with E-state index in [1.165, 1.54) is 24.8 Å². The highest BCUT2D eigenvalue weighted by atomic mass is 79.9. The van der Waals surface area contributed by atoms with Crippen molar-refractivity contribution < 1.29 is 0 Å². The molecule has 1 aliphatic carbocycles. The third kappa shape index (κ3) is 2.41. The zero-order valence-corrected chi connectivity index (χ0v) is 13.2. The van der Waals surface area contributed by atoms with Crippen LogP contribution >= 0.6 is 28.1 Å². The predicted octanol–water partition coefficient (Wildman–Crippen LogP) is 4.10. The molecule has 0 N–H and O–H groups in total. The van der Waals surface area contributed by atoms with Crippen molar-refractivity contribution in [3.8, 4) is 0 Å². The number of rotatable bonds is 3. The monoisotopic (exact) mass is 337 g/mol. The molecule has 2 aromatic rings. The number of aryl methyl sites for hydroxylation is 1. The van der Waals surface area contributed by atoms with E-state index in [9.17, 15) is 0 Å². The Bertz CT molecular complexity index is 642. The van der Waals surface area contributed by atoms with Gasteiger partial charge in [0, 0.05) is 11.5 Å². The molecule has 1 unspecified atom stereocenters. The van der Waals surface area contributed by atoms with Gasteiger partial charge in [-0.3, -0.25) is 0 Å². The van der Waals surface area contributed by atoms with Crippen molar-refractivity contribution in [2.75, 3.05) is 0 Å². The van der Waals surface area contributed by atoms with Crippen LogP contribution < -0.4 is 0 Å². The van der Waals surface area contributed by atoms with Crippen molar-refractivity contribution in [3.63, 3.8) is 0 Å². The molecule has 1 saturated carbocycles. The van der Waals surface area contributed by atoms with E-state index >= 15 is 0 Å². The molecular formula is C14H16BrN3S. The highest BCUT2D eigenvalue weighted by molar-refractivity contribution is 9.10. The van der Waals surface area contributed by atoms with Crippen LogP contribution in [-0.2, 0) is 7.05 Å². The number of nitrogens with zero attached hydrogens (tertiary/aromatic N) is 3. The molecular weight excluding hydrogens is 322 g/mol. The molecule has 1 aromatic heterocycles. The predicted molar refractivity (Wildman–Crippen MR) is 81.7 cm³/mol. The fourth-order valence-electron chi connectivity index (χ4n) is 2.64. The first-order valence-electron chi connectivity index (χ1n) is 6.52. The number of hydrogen-bond donors (Lipinski definition) is 0. The third-order valence-electron chi connectivity index (χ3n) is 3.90. The van der Waals surface area contributed by atoms with Crippen molar-refractivity contribution in [1.82, 2.24) is 14.3 Å². The van der Waals surface area contributed by atoms with Gasteiger partial charge in [-0.05, 0) is 48.7 Å². The van der Waals surface area contributed by atoms with Crippen molar-refractivity contribution in [3.05, 3.63) is 45.4 Å². The molecule has 3 nitrogen and oxygen atoms in total. The van der Waals surface area contributed by atoms with Crippen LogP contribution in [0.1, 0.15) is 30.9 Å². The molecule has 0 bridgehead atoms. The van der Waals surface area contributed by atoms with Crippen LogP contribution in [-0.4, -0.2) is 14.3 Å². The molecule has 3 rings (SSSR count). The van der Waals surface area contributed by atoms with Gasteiger partial charge in [-0.2, -0.15) is 5.10 Å². The van der Waals surface area contributed by atoms with Gasteiger partial charge in [-0.15, -0.1) is 0 Å². The Hall–Kier alpha value is -0.940. The Morgan fingerprint density at radius 1 is 1.42 bits per heavy atom.